The molecule has 2 N–H and O–H groups in total. The minimum atomic E-state index is -0.642. The third-order valence-electron chi connectivity index (χ3n) is 3.25. The van der Waals surface area contributed by atoms with Gasteiger partial charge in [0.05, 0.1) is 11.5 Å². The number of nitrogens with one attached hydrogen (secondary N) is 1. The maximum absolute atomic E-state index is 12.2. The van der Waals surface area contributed by atoms with Crippen LogP contribution >= 0.6 is 11.6 Å². The van der Waals surface area contributed by atoms with Gasteiger partial charge in [-0.25, -0.2) is 0 Å². The number of benzene rings is 1. The van der Waals surface area contributed by atoms with E-state index in [1.54, 1.807) is 12.1 Å². The smallest absolute Gasteiger partial charge is 0.230 e. The van der Waals surface area contributed by atoms with Crippen molar-refractivity contribution < 1.29 is 9.90 Å². The molecule has 0 radical (unpaired) electrons. The van der Waals surface area contributed by atoms with Crippen LogP contribution in [-0.4, -0.2) is 23.7 Å². The van der Waals surface area contributed by atoms with Crippen LogP contribution in [-0.2, 0) is 10.2 Å². The number of hydrogen-bond donors (Lipinski definition) is 2. The maximum atomic E-state index is 12.2. The highest BCUT2D eigenvalue weighted by molar-refractivity contribution is 6.30. The Labute approximate surface area is 120 Å². The average molecular weight is 284 g/mol. The Morgan fingerprint density at radius 1 is 1.37 bits per heavy atom. The molecule has 1 unspecified atom stereocenters. The number of amides is 1. The van der Waals surface area contributed by atoms with Crippen LogP contribution in [0.4, 0.5) is 0 Å². The zero-order valence-electron chi connectivity index (χ0n) is 11.7. The van der Waals surface area contributed by atoms with Gasteiger partial charge in [0.15, 0.2) is 0 Å². The second kappa shape index (κ2) is 6.92. The average Bonchev–Trinajstić information content (AvgIpc) is 2.36. The Balaban J connectivity index is 2.66. The highest BCUT2D eigenvalue weighted by atomic mass is 35.5. The van der Waals surface area contributed by atoms with Crippen LogP contribution < -0.4 is 5.32 Å². The molecule has 1 aromatic rings. The molecular formula is C15H22ClNO2. The summed E-state index contributed by atoms with van der Waals surface area (Å²) in [7, 11) is 0. The van der Waals surface area contributed by atoms with E-state index in [0.717, 1.165) is 12.0 Å². The van der Waals surface area contributed by atoms with Crippen molar-refractivity contribution in [2.75, 3.05) is 6.54 Å². The molecule has 1 amide bonds. The Hall–Kier alpha value is -1.06. The number of carbonyl (C=O) groups excluding carboxylic acids is 1. The van der Waals surface area contributed by atoms with Gasteiger partial charge in [-0.15, -0.1) is 0 Å². The molecule has 0 spiro atoms. The van der Waals surface area contributed by atoms with Gasteiger partial charge in [0, 0.05) is 11.6 Å². The molecule has 106 valence electrons. The van der Waals surface area contributed by atoms with Gasteiger partial charge in [-0.05, 0) is 38.0 Å². The van der Waals surface area contributed by atoms with Crippen LogP contribution in [0.5, 0.6) is 0 Å². The maximum Gasteiger partial charge on any atom is 0.230 e. The van der Waals surface area contributed by atoms with Crippen molar-refractivity contribution in [1.29, 1.82) is 0 Å². The van der Waals surface area contributed by atoms with Crippen LogP contribution in [0.25, 0.3) is 0 Å². The van der Waals surface area contributed by atoms with Gasteiger partial charge < -0.3 is 10.4 Å². The largest absolute Gasteiger partial charge is 0.391 e. The van der Waals surface area contributed by atoms with Crippen LogP contribution in [0, 0.1) is 0 Å². The van der Waals surface area contributed by atoms with Gasteiger partial charge in [-0.1, -0.05) is 37.1 Å². The molecule has 0 aliphatic carbocycles. The van der Waals surface area contributed by atoms with Gasteiger partial charge in [0.2, 0.25) is 5.91 Å². The highest BCUT2D eigenvalue weighted by Gasteiger charge is 2.29. The Kier molecular flexibility index (Phi) is 5.83. The molecule has 3 nitrogen and oxygen atoms in total. The lowest BCUT2D eigenvalue weighted by Gasteiger charge is -2.25. The third kappa shape index (κ3) is 4.51. The quantitative estimate of drug-likeness (QED) is 0.843. The zero-order chi connectivity index (χ0) is 14.5. The Morgan fingerprint density at radius 2 is 1.95 bits per heavy atom. The predicted octanol–water partition coefficient (Wildman–Crippen LogP) is 2.89. The fourth-order valence-electron chi connectivity index (χ4n) is 1.86. The zero-order valence-corrected chi connectivity index (χ0v) is 12.5. The van der Waals surface area contributed by atoms with Crippen LogP contribution in [0.3, 0.4) is 0 Å². The van der Waals surface area contributed by atoms with E-state index in [4.69, 9.17) is 11.6 Å². The van der Waals surface area contributed by atoms with E-state index >= 15 is 0 Å². The van der Waals surface area contributed by atoms with Crippen LogP contribution in [0.2, 0.25) is 5.02 Å². The summed E-state index contributed by atoms with van der Waals surface area (Å²) in [5.74, 6) is -0.0926. The van der Waals surface area contributed by atoms with E-state index in [9.17, 15) is 9.90 Å². The SMILES string of the molecule is CCCC(O)CNC(=O)C(C)(C)c1ccc(Cl)cc1. The second-order valence-corrected chi connectivity index (χ2v) is 5.72. The molecule has 4 heteroatoms. The molecule has 0 fully saturated rings. The number of carbonyl (C=O) groups is 1. The summed E-state index contributed by atoms with van der Waals surface area (Å²) in [6.07, 6.45) is 1.12. The first-order valence-electron chi connectivity index (χ1n) is 6.60. The van der Waals surface area contributed by atoms with Gasteiger partial charge in [-0.2, -0.15) is 0 Å². The van der Waals surface area contributed by atoms with Gasteiger partial charge in [-0.3, -0.25) is 4.79 Å². The molecule has 1 rings (SSSR count). The molecule has 0 bridgehead atoms. The fourth-order valence-corrected chi connectivity index (χ4v) is 1.99. The van der Waals surface area contributed by atoms with E-state index in [2.05, 4.69) is 5.32 Å². The molecule has 1 aromatic carbocycles. The van der Waals surface area contributed by atoms with Crippen molar-refractivity contribution in [1.82, 2.24) is 5.32 Å². The molecule has 0 aromatic heterocycles. The summed E-state index contributed by atoms with van der Waals surface area (Å²) in [5.41, 5.74) is 0.260. The number of rotatable bonds is 6. The molecule has 19 heavy (non-hydrogen) atoms. The molecule has 1 atom stereocenters. The normalized spacial score (nSPS) is 13.1. The van der Waals surface area contributed by atoms with E-state index in [1.165, 1.54) is 0 Å². The van der Waals surface area contributed by atoms with Crippen molar-refractivity contribution >= 4 is 17.5 Å². The van der Waals surface area contributed by atoms with Crippen molar-refractivity contribution in [3.05, 3.63) is 34.9 Å². The monoisotopic (exact) mass is 283 g/mol. The van der Waals surface area contributed by atoms with E-state index in [0.29, 0.717) is 18.0 Å². The van der Waals surface area contributed by atoms with E-state index in [1.807, 2.05) is 32.9 Å². The third-order valence-corrected chi connectivity index (χ3v) is 3.51. The number of hydrogen-bond acceptors (Lipinski definition) is 2. The first kappa shape index (κ1) is 16.0. The summed E-state index contributed by atoms with van der Waals surface area (Å²) in [4.78, 5) is 12.2. The lowest BCUT2D eigenvalue weighted by atomic mass is 9.83. The standard InChI is InChI=1S/C15H22ClNO2/c1-4-5-13(18)10-17-14(19)15(2,3)11-6-8-12(16)9-7-11/h6-9,13,18H,4-5,10H2,1-3H3,(H,17,19). The fraction of sp³-hybridized carbons (Fsp3) is 0.533. The molecule has 0 aliphatic heterocycles. The van der Waals surface area contributed by atoms with Gasteiger partial charge >= 0.3 is 0 Å². The lowest BCUT2D eigenvalue weighted by molar-refractivity contribution is -0.126. The highest BCUT2D eigenvalue weighted by Crippen LogP contribution is 2.24. The lowest BCUT2D eigenvalue weighted by Crippen LogP contribution is -2.43. The summed E-state index contributed by atoms with van der Waals surface area (Å²) in [6, 6.07) is 7.25. The predicted molar refractivity (Wildman–Crippen MR) is 78.4 cm³/mol. The summed E-state index contributed by atoms with van der Waals surface area (Å²) < 4.78 is 0. The van der Waals surface area contributed by atoms with Gasteiger partial charge in [0.1, 0.15) is 0 Å². The summed E-state index contributed by atoms with van der Waals surface area (Å²) >= 11 is 5.85. The van der Waals surface area contributed by atoms with Gasteiger partial charge in [0.25, 0.3) is 0 Å². The van der Waals surface area contributed by atoms with E-state index in [-0.39, 0.29) is 5.91 Å². The molecular weight excluding hydrogens is 262 g/mol. The van der Waals surface area contributed by atoms with Crippen molar-refractivity contribution in [2.24, 2.45) is 0 Å². The van der Waals surface area contributed by atoms with Crippen molar-refractivity contribution in [2.45, 2.75) is 45.1 Å². The van der Waals surface area contributed by atoms with Crippen LogP contribution in [0.15, 0.2) is 24.3 Å². The topological polar surface area (TPSA) is 49.3 Å². The summed E-state index contributed by atoms with van der Waals surface area (Å²) in [5, 5.41) is 13.1. The molecule has 0 heterocycles. The Bertz CT molecular complexity index is 415. The molecule has 0 saturated heterocycles. The minimum absolute atomic E-state index is 0.0926. The Morgan fingerprint density at radius 3 is 2.47 bits per heavy atom. The first-order valence-corrected chi connectivity index (χ1v) is 6.98. The van der Waals surface area contributed by atoms with Crippen molar-refractivity contribution in [3.63, 3.8) is 0 Å². The minimum Gasteiger partial charge on any atom is -0.391 e. The van der Waals surface area contributed by atoms with Crippen LogP contribution in [0.1, 0.15) is 39.2 Å². The number of aliphatic hydroxyl groups excluding tert-OH is 1. The van der Waals surface area contributed by atoms with Crippen molar-refractivity contribution in [3.8, 4) is 0 Å². The second-order valence-electron chi connectivity index (χ2n) is 5.28. The number of aliphatic hydroxyl groups is 1. The summed E-state index contributed by atoms with van der Waals surface area (Å²) in [6.45, 7) is 6.02. The first-order chi connectivity index (χ1) is 8.87. The molecule has 0 aliphatic rings. The molecule has 0 saturated carbocycles. The van der Waals surface area contributed by atoms with E-state index < -0.39 is 11.5 Å². The number of halogens is 1.